The number of hydrogen-bond donors (Lipinski definition) is 2. The molecule has 1 aliphatic heterocycles. The highest BCUT2D eigenvalue weighted by atomic mass is 32.2. The highest BCUT2D eigenvalue weighted by Crippen LogP contribution is 2.20. The fraction of sp³-hybridized carbons (Fsp3) is 0.462. The van der Waals surface area contributed by atoms with E-state index >= 15 is 0 Å². The quantitative estimate of drug-likeness (QED) is 0.862. The molecule has 3 rings (SSSR count). The molecule has 0 aromatic carbocycles. The van der Waals surface area contributed by atoms with Crippen molar-refractivity contribution >= 4 is 15.8 Å². The lowest BCUT2D eigenvalue weighted by molar-refractivity contribution is 0.328. The van der Waals surface area contributed by atoms with Crippen molar-refractivity contribution in [2.24, 2.45) is 0 Å². The Morgan fingerprint density at radius 1 is 1.32 bits per heavy atom. The van der Waals surface area contributed by atoms with Gasteiger partial charge in [-0.2, -0.15) is 4.31 Å². The Labute approximate surface area is 129 Å². The molecule has 9 heteroatoms. The van der Waals surface area contributed by atoms with Gasteiger partial charge in [0.2, 0.25) is 0 Å². The van der Waals surface area contributed by atoms with E-state index in [1.165, 1.54) is 23.2 Å². The van der Waals surface area contributed by atoms with Crippen molar-refractivity contribution in [3.05, 3.63) is 30.6 Å². The van der Waals surface area contributed by atoms with Crippen molar-refractivity contribution < 1.29 is 8.42 Å². The van der Waals surface area contributed by atoms with Crippen LogP contribution in [-0.4, -0.2) is 51.8 Å². The van der Waals surface area contributed by atoms with Crippen molar-refractivity contribution in [2.45, 2.75) is 30.8 Å². The third-order valence-corrected chi connectivity index (χ3v) is 5.52. The number of rotatable bonds is 4. The molecule has 22 heavy (non-hydrogen) atoms. The average Bonchev–Trinajstić information content (AvgIpc) is 3.03. The number of nitrogens with zero attached hydrogens (tertiary/aromatic N) is 4. The summed E-state index contributed by atoms with van der Waals surface area (Å²) in [5, 5.41) is 3.48. The molecule has 118 valence electrons. The molecule has 0 spiro atoms. The van der Waals surface area contributed by atoms with E-state index in [2.05, 4.69) is 25.3 Å². The molecule has 2 aromatic heterocycles. The minimum atomic E-state index is -3.46. The number of sulfonamides is 1. The third-order valence-electron chi connectivity index (χ3n) is 3.70. The summed E-state index contributed by atoms with van der Waals surface area (Å²) in [5.41, 5.74) is 0.900. The molecule has 0 aliphatic carbocycles. The molecule has 0 atom stereocenters. The summed E-state index contributed by atoms with van der Waals surface area (Å²) in [7, 11) is -3.46. The van der Waals surface area contributed by atoms with Crippen molar-refractivity contribution in [2.75, 3.05) is 18.4 Å². The predicted octanol–water partition coefficient (Wildman–Crippen LogP) is 0.773. The minimum Gasteiger partial charge on any atom is -0.367 e. The van der Waals surface area contributed by atoms with Gasteiger partial charge in [-0.1, -0.05) is 0 Å². The molecule has 0 radical (unpaired) electrons. The highest BCUT2D eigenvalue weighted by Gasteiger charge is 2.30. The maximum Gasteiger partial charge on any atom is 0.260 e. The van der Waals surface area contributed by atoms with Crippen LogP contribution in [0.2, 0.25) is 0 Å². The van der Waals surface area contributed by atoms with E-state index in [0.717, 1.165) is 24.4 Å². The maximum atomic E-state index is 12.4. The van der Waals surface area contributed by atoms with Gasteiger partial charge in [-0.05, 0) is 19.8 Å². The molecule has 1 aliphatic rings. The average molecular weight is 322 g/mol. The first-order valence-electron chi connectivity index (χ1n) is 7.09. The molecule has 0 amide bonds. The Balaban J connectivity index is 1.61. The number of hydrogen-bond acceptors (Lipinski definition) is 6. The van der Waals surface area contributed by atoms with Crippen LogP contribution in [-0.2, 0) is 10.0 Å². The smallest absolute Gasteiger partial charge is 0.260 e. The van der Waals surface area contributed by atoms with Crippen LogP contribution in [0, 0.1) is 6.92 Å². The topological polar surface area (TPSA) is 104 Å². The maximum absolute atomic E-state index is 12.4. The van der Waals surface area contributed by atoms with Crippen LogP contribution in [0.3, 0.4) is 0 Å². The Hall–Kier alpha value is -2.00. The Bertz CT molecular complexity index is 723. The second kappa shape index (κ2) is 6.01. The summed E-state index contributed by atoms with van der Waals surface area (Å²) in [6.45, 7) is 2.86. The largest absolute Gasteiger partial charge is 0.367 e. The van der Waals surface area contributed by atoms with E-state index in [1.807, 2.05) is 13.0 Å². The van der Waals surface area contributed by atoms with E-state index in [-0.39, 0.29) is 11.1 Å². The summed E-state index contributed by atoms with van der Waals surface area (Å²) in [5.74, 6) is 0.780. The molecule has 2 N–H and O–H groups in total. The molecule has 3 heterocycles. The highest BCUT2D eigenvalue weighted by molar-refractivity contribution is 7.89. The van der Waals surface area contributed by atoms with Gasteiger partial charge in [0, 0.05) is 30.9 Å². The second-order valence-electron chi connectivity index (χ2n) is 5.28. The lowest BCUT2D eigenvalue weighted by atomic mass is 10.1. The van der Waals surface area contributed by atoms with Gasteiger partial charge in [0.1, 0.15) is 12.1 Å². The van der Waals surface area contributed by atoms with Gasteiger partial charge >= 0.3 is 0 Å². The van der Waals surface area contributed by atoms with Crippen molar-refractivity contribution in [1.82, 2.24) is 24.2 Å². The number of aromatic amines is 1. The molecule has 2 aromatic rings. The van der Waals surface area contributed by atoms with Gasteiger partial charge in [-0.15, -0.1) is 0 Å². The SMILES string of the molecule is Cc1cc(NC2CCN(S(=O)(=O)c3cnc[nH]3)CC2)ncn1. The molecular weight excluding hydrogens is 304 g/mol. The van der Waals surface area contributed by atoms with Crippen LogP contribution in [0.4, 0.5) is 5.82 Å². The Morgan fingerprint density at radius 3 is 2.73 bits per heavy atom. The number of anilines is 1. The summed E-state index contributed by atoms with van der Waals surface area (Å²) in [6.07, 6.45) is 5.70. The molecule has 1 saturated heterocycles. The molecule has 0 saturated carbocycles. The van der Waals surface area contributed by atoms with Crippen molar-refractivity contribution in [3.8, 4) is 0 Å². The van der Waals surface area contributed by atoms with Crippen LogP contribution in [0.15, 0.2) is 29.9 Å². The van der Waals surface area contributed by atoms with Crippen LogP contribution in [0.25, 0.3) is 0 Å². The number of aryl methyl sites for hydroxylation is 1. The van der Waals surface area contributed by atoms with E-state index in [9.17, 15) is 8.42 Å². The normalized spacial score (nSPS) is 17.5. The zero-order valence-corrected chi connectivity index (χ0v) is 13.0. The van der Waals surface area contributed by atoms with Gasteiger partial charge in [-0.25, -0.2) is 23.4 Å². The zero-order chi connectivity index (χ0) is 15.6. The Morgan fingerprint density at radius 2 is 2.09 bits per heavy atom. The van der Waals surface area contributed by atoms with Crippen LogP contribution >= 0.6 is 0 Å². The summed E-state index contributed by atoms with van der Waals surface area (Å²) in [6, 6.07) is 2.09. The van der Waals surface area contributed by atoms with Crippen LogP contribution in [0.5, 0.6) is 0 Å². The molecule has 1 fully saturated rings. The second-order valence-corrected chi connectivity index (χ2v) is 7.19. The molecule has 0 unspecified atom stereocenters. The van der Waals surface area contributed by atoms with E-state index in [1.54, 1.807) is 0 Å². The predicted molar refractivity (Wildman–Crippen MR) is 80.8 cm³/mol. The molecule has 8 nitrogen and oxygen atoms in total. The number of H-pyrrole nitrogens is 1. The third kappa shape index (κ3) is 3.09. The van der Waals surface area contributed by atoms with E-state index in [4.69, 9.17) is 0 Å². The first-order valence-corrected chi connectivity index (χ1v) is 8.53. The summed E-state index contributed by atoms with van der Waals surface area (Å²) < 4.78 is 26.2. The van der Waals surface area contributed by atoms with Gasteiger partial charge in [0.15, 0.2) is 5.03 Å². The monoisotopic (exact) mass is 322 g/mol. The standard InChI is InChI=1S/C13H18N6O2S/c1-10-6-12(16-9-15-10)18-11-2-4-19(5-3-11)22(20,21)13-7-14-8-17-13/h6-9,11H,2-5H2,1H3,(H,14,17)(H,15,16,18). The zero-order valence-electron chi connectivity index (χ0n) is 12.2. The first-order chi connectivity index (χ1) is 10.6. The van der Waals surface area contributed by atoms with E-state index < -0.39 is 10.0 Å². The van der Waals surface area contributed by atoms with Gasteiger partial charge in [0.05, 0.1) is 12.5 Å². The fourth-order valence-corrected chi connectivity index (χ4v) is 3.87. The Kier molecular flexibility index (Phi) is 4.08. The number of nitrogens with one attached hydrogen (secondary N) is 2. The van der Waals surface area contributed by atoms with Gasteiger partial charge < -0.3 is 10.3 Å². The summed E-state index contributed by atoms with van der Waals surface area (Å²) in [4.78, 5) is 14.7. The molecular formula is C13H18N6O2S. The lowest BCUT2D eigenvalue weighted by Crippen LogP contribution is -2.42. The first kappa shape index (κ1) is 14.9. The number of piperidine rings is 1. The molecule has 0 bridgehead atoms. The van der Waals surface area contributed by atoms with Crippen LogP contribution < -0.4 is 5.32 Å². The summed E-state index contributed by atoms with van der Waals surface area (Å²) >= 11 is 0. The number of imidazole rings is 1. The minimum absolute atomic E-state index is 0.144. The van der Waals surface area contributed by atoms with Crippen molar-refractivity contribution in [3.63, 3.8) is 0 Å². The van der Waals surface area contributed by atoms with Crippen molar-refractivity contribution in [1.29, 1.82) is 0 Å². The van der Waals surface area contributed by atoms with Crippen LogP contribution in [0.1, 0.15) is 18.5 Å². The fourth-order valence-electron chi connectivity index (χ4n) is 2.51. The lowest BCUT2D eigenvalue weighted by Gasteiger charge is -2.31. The van der Waals surface area contributed by atoms with Gasteiger partial charge in [-0.3, -0.25) is 0 Å². The number of aromatic nitrogens is 4. The van der Waals surface area contributed by atoms with E-state index in [0.29, 0.717) is 13.1 Å². The van der Waals surface area contributed by atoms with Gasteiger partial charge in [0.25, 0.3) is 10.0 Å².